The highest BCUT2D eigenvalue weighted by molar-refractivity contribution is 6.32. The van der Waals surface area contributed by atoms with E-state index in [1.54, 1.807) is 7.11 Å². The molecule has 0 saturated heterocycles. The summed E-state index contributed by atoms with van der Waals surface area (Å²) < 4.78 is 19.1. The van der Waals surface area contributed by atoms with Gasteiger partial charge in [0.25, 0.3) is 0 Å². The van der Waals surface area contributed by atoms with Crippen molar-refractivity contribution in [3.8, 4) is 17.2 Å². The van der Waals surface area contributed by atoms with Crippen molar-refractivity contribution < 1.29 is 14.2 Å². The minimum Gasteiger partial charge on any atom is -0.492 e. The summed E-state index contributed by atoms with van der Waals surface area (Å²) in [6, 6.07) is 16.6. The van der Waals surface area contributed by atoms with Gasteiger partial charge in [-0.25, -0.2) is 4.68 Å². The summed E-state index contributed by atoms with van der Waals surface area (Å²) in [7, 11) is 3.69. The highest BCUT2D eigenvalue weighted by Gasteiger charge is 2.39. The molecule has 0 bridgehead atoms. The molecule has 3 heterocycles. The first kappa shape index (κ1) is 23.1. The number of benzene rings is 3. The normalized spacial score (nSPS) is 16.9. The zero-order valence-corrected chi connectivity index (χ0v) is 21.2. The minimum atomic E-state index is -0.448. The van der Waals surface area contributed by atoms with Crippen LogP contribution in [0.1, 0.15) is 40.2 Å². The van der Waals surface area contributed by atoms with E-state index in [2.05, 4.69) is 27.5 Å². The Morgan fingerprint density at radius 2 is 1.72 bits per heavy atom. The number of hydrogen-bond acceptors (Lipinski definition) is 7. The Balaban J connectivity index is 1.58. The molecular weight excluding hydrogens is 501 g/mol. The molecule has 0 saturated carbocycles. The van der Waals surface area contributed by atoms with E-state index in [9.17, 15) is 0 Å². The molecule has 0 unspecified atom stereocenters. The van der Waals surface area contributed by atoms with E-state index < -0.39 is 6.04 Å². The van der Waals surface area contributed by atoms with Crippen LogP contribution in [0.2, 0.25) is 10.0 Å². The summed E-state index contributed by atoms with van der Waals surface area (Å²) in [4.78, 5) is 2.21. The number of methoxy groups -OCH3 is 1. The monoisotopic (exact) mass is 523 g/mol. The molecule has 0 spiro atoms. The number of tetrazole rings is 1. The number of ether oxygens (including phenoxy) is 3. The third-order valence-electron chi connectivity index (χ3n) is 6.80. The quantitative estimate of drug-likeness (QED) is 0.367. The van der Waals surface area contributed by atoms with Crippen molar-refractivity contribution in [3.63, 3.8) is 0 Å². The van der Waals surface area contributed by atoms with Gasteiger partial charge in [0.05, 0.1) is 7.11 Å². The Hall–Kier alpha value is -3.33. The molecule has 3 aromatic carbocycles. The van der Waals surface area contributed by atoms with Crippen LogP contribution in [0, 0.1) is 0 Å². The molecule has 0 fully saturated rings. The maximum Gasteiger partial charge on any atom is 0.231 e. The van der Waals surface area contributed by atoms with E-state index in [0.717, 1.165) is 35.2 Å². The van der Waals surface area contributed by atoms with Gasteiger partial charge in [-0.15, -0.1) is 5.10 Å². The first-order valence-electron chi connectivity index (χ1n) is 11.5. The molecule has 10 heteroatoms. The zero-order valence-electron chi connectivity index (χ0n) is 19.7. The third-order valence-corrected chi connectivity index (χ3v) is 7.49. The van der Waals surface area contributed by atoms with Crippen LogP contribution in [0.5, 0.6) is 17.2 Å². The van der Waals surface area contributed by atoms with Crippen LogP contribution in [0.25, 0.3) is 0 Å². The van der Waals surface area contributed by atoms with Gasteiger partial charge in [0.15, 0.2) is 17.3 Å². The first-order chi connectivity index (χ1) is 17.6. The second-order valence-corrected chi connectivity index (χ2v) is 9.59. The van der Waals surface area contributed by atoms with Crippen LogP contribution in [-0.4, -0.2) is 52.6 Å². The Bertz CT molecular complexity index is 1400. The number of aromatic nitrogens is 4. The van der Waals surface area contributed by atoms with Gasteiger partial charge in [-0.3, -0.25) is 4.90 Å². The predicted molar refractivity (Wildman–Crippen MR) is 135 cm³/mol. The van der Waals surface area contributed by atoms with Crippen LogP contribution >= 0.6 is 23.2 Å². The van der Waals surface area contributed by atoms with Gasteiger partial charge in [0.1, 0.15) is 12.1 Å². The lowest BCUT2D eigenvalue weighted by Gasteiger charge is -2.35. The largest absolute Gasteiger partial charge is 0.492 e. The molecule has 2 aliphatic rings. The van der Waals surface area contributed by atoms with Crippen molar-refractivity contribution in [2.45, 2.75) is 18.5 Å². The van der Waals surface area contributed by atoms with E-state index in [1.165, 1.54) is 0 Å². The van der Waals surface area contributed by atoms with Crippen molar-refractivity contribution in [1.82, 2.24) is 25.1 Å². The topological polar surface area (TPSA) is 74.5 Å². The highest BCUT2D eigenvalue weighted by atomic mass is 35.5. The number of rotatable bonds is 5. The summed E-state index contributed by atoms with van der Waals surface area (Å²) in [5, 5.41) is 14.3. The van der Waals surface area contributed by atoms with Gasteiger partial charge < -0.3 is 14.2 Å². The fourth-order valence-electron chi connectivity index (χ4n) is 5.15. The Kier molecular flexibility index (Phi) is 5.95. The highest BCUT2D eigenvalue weighted by Crippen LogP contribution is 2.51. The lowest BCUT2D eigenvalue weighted by molar-refractivity contribution is 0.170. The van der Waals surface area contributed by atoms with E-state index in [1.807, 2.05) is 59.3 Å². The summed E-state index contributed by atoms with van der Waals surface area (Å²) in [5.74, 6) is 2.57. The number of likely N-dealkylation sites (N-methyl/N-ethyl adjacent to an activating group) is 1. The second kappa shape index (κ2) is 9.28. The zero-order chi connectivity index (χ0) is 24.8. The standard InChI is InChI=1S/C26H23Cl2N5O3/c1-32-12-11-15-13-20-24(36-14-35-20)25(34-2)21(15)23(32)26-29-30-31-33(26)22(16-7-3-5-9-18(16)27)17-8-4-6-10-19(17)28/h3-10,13,22-23H,11-12,14H2,1-2H3/t23-/m1/s1. The van der Waals surface area contributed by atoms with Crippen molar-refractivity contribution in [3.05, 3.63) is 92.7 Å². The lowest BCUT2D eigenvalue weighted by atomic mass is 9.90. The summed E-state index contributed by atoms with van der Waals surface area (Å²) in [5.41, 5.74) is 3.76. The molecule has 0 radical (unpaired) electrons. The Labute approximate surface area is 218 Å². The molecule has 1 atom stereocenters. The van der Waals surface area contributed by atoms with Gasteiger partial charge in [-0.05, 0) is 58.8 Å². The number of fused-ring (bicyclic) bond motifs is 2. The molecular formula is C26H23Cl2N5O3. The van der Waals surface area contributed by atoms with E-state index >= 15 is 0 Å². The maximum absolute atomic E-state index is 6.71. The SMILES string of the molecule is COc1c2c(cc3c1[C@H](c1nnnn1C(c1ccccc1Cl)c1ccccc1Cl)N(C)CC3)OCO2. The lowest BCUT2D eigenvalue weighted by Crippen LogP contribution is -2.36. The van der Waals surface area contributed by atoms with Crippen LogP contribution in [0.3, 0.4) is 0 Å². The van der Waals surface area contributed by atoms with Gasteiger partial charge in [0, 0.05) is 22.2 Å². The van der Waals surface area contributed by atoms with Gasteiger partial charge in [0.2, 0.25) is 12.5 Å². The van der Waals surface area contributed by atoms with Crippen molar-refractivity contribution in [1.29, 1.82) is 0 Å². The molecule has 0 aliphatic carbocycles. The van der Waals surface area contributed by atoms with Crippen molar-refractivity contribution in [2.24, 2.45) is 0 Å². The summed E-state index contributed by atoms with van der Waals surface area (Å²) in [6.07, 6.45) is 0.829. The van der Waals surface area contributed by atoms with E-state index in [0.29, 0.717) is 33.1 Å². The fourth-order valence-corrected chi connectivity index (χ4v) is 5.63. The first-order valence-corrected chi connectivity index (χ1v) is 12.3. The van der Waals surface area contributed by atoms with Gasteiger partial charge >= 0.3 is 0 Å². The smallest absolute Gasteiger partial charge is 0.231 e. The number of hydrogen-bond donors (Lipinski definition) is 0. The van der Waals surface area contributed by atoms with Crippen LogP contribution in [-0.2, 0) is 6.42 Å². The second-order valence-electron chi connectivity index (χ2n) is 8.78. The number of halogens is 2. The predicted octanol–water partition coefficient (Wildman–Crippen LogP) is 4.93. The molecule has 2 aliphatic heterocycles. The summed E-state index contributed by atoms with van der Waals surface area (Å²) in [6.45, 7) is 0.962. The van der Waals surface area contributed by atoms with Crippen LogP contribution < -0.4 is 14.2 Å². The molecule has 0 N–H and O–H groups in total. The van der Waals surface area contributed by atoms with Crippen molar-refractivity contribution in [2.75, 3.05) is 27.5 Å². The van der Waals surface area contributed by atoms with Gasteiger partial charge in [-0.1, -0.05) is 59.6 Å². The molecule has 184 valence electrons. The Morgan fingerprint density at radius 3 is 2.39 bits per heavy atom. The maximum atomic E-state index is 6.71. The molecule has 4 aromatic rings. The Morgan fingerprint density at radius 1 is 1.03 bits per heavy atom. The van der Waals surface area contributed by atoms with Crippen molar-refractivity contribution >= 4 is 23.2 Å². The minimum absolute atomic E-state index is 0.161. The third kappa shape index (κ3) is 3.68. The molecule has 8 nitrogen and oxygen atoms in total. The summed E-state index contributed by atoms with van der Waals surface area (Å²) >= 11 is 13.4. The molecule has 0 amide bonds. The average Bonchev–Trinajstić information content (AvgIpc) is 3.55. The number of nitrogens with zero attached hydrogens (tertiary/aromatic N) is 5. The molecule has 6 rings (SSSR count). The van der Waals surface area contributed by atoms with E-state index in [-0.39, 0.29) is 12.8 Å². The average molecular weight is 524 g/mol. The molecule has 1 aromatic heterocycles. The van der Waals surface area contributed by atoms with Gasteiger partial charge in [-0.2, -0.15) is 0 Å². The van der Waals surface area contributed by atoms with Crippen LogP contribution in [0.4, 0.5) is 0 Å². The fraction of sp³-hybridized carbons (Fsp3) is 0.269. The van der Waals surface area contributed by atoms with E-state index in [4.69, 9.17) is 37.4 Å². The van der Waals surface area contributed by atoms with Crippen LogP contribution in [0.15, 0.2) is 54.6 Å². The molecule has 36 heavy (non-hydrogen) atoms.